The molecule has 0 bridgehead atoms. The van der Waals surface area contributed by atoms with Crippen LogP contribution in [0.25, 0.3) is 11.3 Å². The maximum atomic E-state index is 11.5. The number of aromatic nitrogens is 2. The van der Waals surface area contributed by atoms with Gasteiger partial charge in [-0.3, -0.25) is 4.90 Å². The fourth-order valence-corrected chi connectivity index (χ4v) is 3.14. The smallest absolute Gasteiger partial charge is 0.175 e. The number of nitrogens with zero attached hydrogens (tertiary/aromatic N) is 2. The first-order valence-electron chi connectivity index (χ1n) is 7.08. The Bertz CT molecular complexity index is 753. The Morgan fingerprint density at radius 3 is 2.68 bits per heavy atom. The number of imidazole rings is 1. The van der Waals surface area contributed by atoms with E-state index in [0.29, 0.717) is 11.5 Å². The lowest BCUT2D eigenvalue weighted by Gasteiger charge is -2.30. The minimum absolute atomic E-state index is 0.123. The summed E-state index contributed by atoms with van der Waals surface area (Å²) in [6, 6.07) is 6.92. The van der Waals surface area contributed by atoms with E-state index in [9.17, 15) is 8.42 Å². The van der Waals surface area contributed by atoms with Crippen molar-refractivity contribution in [3.63, 3.8) is 0 Å². The summed E-state index contributed by atoms with van der Waals surface area (Å²) in [5.41, 5.74) is 1.78. The molecular formula is C15H19N3O3S. The van der Waals surface area contributed by atoms with Crippen LogP contribution in [-0.4, -0.2) is 56.3 Å². The number of sulfone groups is 1. The fraction of sp³-hybridized carbons (Fsp3) is 0.400. The van der Waals surface area contributed by atoms with Crippen LogP contribution in [-0.2, 0) is 14.6 Å². The predicted molar refractivity (Wildman–Crippen MR) is 83.3 cm³/mol. The van der Waals surface area contributed by atoms with Gasteiger partial charge in [0.05, 0.1) is 36.0 Å². The second-order valence-corrected chi connectivity index (χ2v) is 7.57. The number of benzene rings is 1. The third kappa shape index (κ3) is 3.06. The Morgan fingerprint density at radius 1 is 1.32 bits per heavy atom. The number of hydrogen-bond donors (Lipinski definition) is 1. The highest BCUT2D eigenvalue weighted by Crippen LogP contribution is 2.24. The molecule has 0 aliphatic carbocycles. The highest BCUT2D eigenvalue weighted by molar-refractivity contribution is 7.90. The summed E-state index contributed by atoms with van der Waals surface area (Å²) in [6.07, 6.45) is 2.97. The van der Waals surface area contributed by atoms with E-state index in [1.165, 1.54) is 6.26 Å². The van der Waals surface area contributed by atoms with Gasteiger partial charge in [-0.15, -0.1) is 0 Å². The zero-order valence-electron chi connectivity index (χ0n) is 12.6. The minimum Gasteiger partial charge on any atom is -0.378 e. The summed E-state index contributed by atoms with van der Waals surface area (Å²) in [7, 11) is -1.12. The molecule has 7 heteroatoms. The SMILES string of the molecule is CN1CCOC[C@H]1c1ncc(-c2ccc(S(C)(=O)=O)cc2)[nH]1. The normalized spacial score (nSPS) is 20.2. The van der Waals surface area contributed by atoms with Crippen molar-refractivity contribution in [1.29, 1.82) is 0 Å². The Morgan fingerprint density at radius 2 is 2.05 bits per heavy atom. The number of rotatable bonds is 3. The number of aromatic amines is 1. The zero-order chi connectivity index (χ0) is 15.7. The van der Waals surface area contributed by atoms with Gasteiger partial charge in [0.15, 0.2) is 9.84 Å². The molecule has 1 aliphatic rings. The van der Waals surface area contributed by atoms with Gasteiger partial charge in [-0.2, -0.15) is 0 Å². The molecule has 0 saturated carbocycles. The van der Waals surface area contributed by atoms with Gasteiger partial charge < -0.3 is 9.72 Å². The Labute approximate surface area is 130 Å². The molecule has 22 heavy (non-hydrogen) atoms. The van der Waals surface area contributed by atoms with E-state index in [0.717, 1.165) is 30.2 Å². The molecule has 2 heterocycles. The Hall–Kier alpha value is -1.70. The topological polar surface area (TPSA) is 75.3 Å². The Kier molecular flexibility index (Phi) is 4.03. The summed E-state index contributed by atoms with van der Waals surface area (Å²) < 4.78 is 28.5. The Balaban J connectivity index is 1.84. The number of likely N-dealkylation sites (N-methyl/N-ethyl adjacent to an activating group) is 1. The third-order valence-corrected chi connectivity index (χ3v) is 5.03. The summed E-state index contributed by atoms with van der Waals surface area (Å²) in [4.78, 5) is 10.3. The monoisotopic (exact) mass is 321 g/mol. The van der Waals surface area contributed by atoms with E-state index in [1.54, 1.807) is 30.5 Å². The van der Waals surface area contributed by atoms with Gasteiger partial charge in [-0.1, -0.05) is 12.1 Å². The molecule has 1 atom stereocenters. The number of morpholine rings is 1. The quantitative estimate of drug-likeness (QED) is 0.927. The molecule has 1 aromatic heterocycles. The lowest BCUT2D eigenvalue weighted by atomic mass is 10.2. The highest BCUT2D eigenvalue weighted by Gasteiger charge is 2.24. The molecule has 0 amide bonds. The van der Waals surface area contributed by atoms with Gasteiger partial charge in [0.1, 0.15) is 5.82 Å². The molecule has 3 rings (SSSR count). The van der Waals surface area contributed by atoms with Crippen molar-refractivity contribution in [2.24, 2.45) is 0 Å². The first kappa shape index (κ1) is 15.2. The van der Waals surface area contributed by atoms with Crippen molar-refractivity contribution in [1.82, 2.24) is 14.9 Å². The van der Waals surface area contributed by atoms with E-state index in [-0.39, 0.29) is 6.04 Å². The lowest BCUT2D eigenvalue weighted by Crippen LogP contribution is -2.37. The van der Waals surface area contributed by atoms with E-state index in [4.69, 9.17) is 4.74 Å². The van der Waals surface area contributed by atoms with E-state index in [1.807, 2.05) is 0 Å². The van der Waals surface area contributed by atoms with Crippen LogP contribution in [0.2, 0.25) is 0 Å². The molecule has 1 fully saturated rings. The first-order chi connectivity index (χ1) is 10.4. The summed E-state index contributed by atoms with van der Waals surface area (Å²) in [5.74, 6) is 0.865. The van der Waals surface area contributed by atoms with Crippen molar-refractivity contribution < 1.29 is 13.2 Å². The largest absolute Gasteiger partial charge is 0.378 e. The van der Waals surface area contributed by atoms with Crippen molar-refractivity contribution >= 4 is 9.84 Å². The van der Waals surface area contributed by atoms with E-state index >= 15 is 0 Å². The van der Waals surface area contributed by atoms with Crippen molar-refractivity contribution in [2.75, 3.05) is 33.1 Å². The van der Waals surface area contributed by atoms with Crippen LogP contribution in [0.4, 0.5) is 0 Å². The maximum Gasteiger partial charge on any atom is 0.175 e. The molecule has 0 unspecified atom stereocenters. The van der Waals surface area contributed by atoms with Gasteiger partial charge in [0.2, 0.25) is 0 Å². The molecule has 6 nitrogen and oxygen atoms in total. The van der Waals surface area contributed by atoms with Gasteiger partial charge in [0.25, 0.3) is 0 Å². The summed E-state index contributed by atoms with van der Waals surface area (Å²) >= 11 is 0. The average molecular weight is 321 g/mol. The van der Waals surface area contributed by atoms with Crippen LogP contribution in [0.3, 0.4) is 0 Å². The van der Waals surface area contributed by atoms with Crippen molar-refractivity contribution in [3.05, 3.63) is 36.3 Å². The molecule has 0 radical (unpaired) electrons. The molecule has 1 aliphatic heterocycles. The predicted octanol–water partition coefficient (Wildman–Crippen LogP) is 1.48. The lowest BCUT2D eigenvalue weighted by molar-refractivity contribution is 0.00215. The van der Waals surface area contributed by atoms with Crippen LogP contribution < -0.4 is 0 Å². The molecule has 0 spiro atoms. The first-order valence-corrected chi connectivity index (χ1v) is 8.97. The molecule has 1 N–H and O–H groups in total. The third-order valence-electron chi connectivity index (χ3n) is 3.90. The van der Waals surface area contributed by atoms with Gasteiger partial charge in [0, 0.05) is 12.8 Å². The highest BCUT2D eigenvalue weighted by atomic mass is 32.2. The minimum atomic E-state index is -3.17. The van der Waals surface area contributed by atoms with Gasteiger partial charge in [-0.05, 0) is 24.7 Å². The van der Waals surface area contributed by atoms with Crippen LogP contribution in [0.5, 0.6) is 0 Å². The van der Waals surface area contributed by atoms with Gasteiger partial charge in [-0.25, -0.2) is 13.4 Å². The van der Waals surface area contributed by atoms with Gasteiger partial charge >= 0.3 is 0 Å². The van der Waals surface area contributed by atoms with E-state index in [2.05, 4.69) is 21.9 Å². The molecule has 118 valence electrons. The summed E-state index contributed by atoms with van der Waals surface area (Å²) in [5, 5.41) is 0. The second kappa shape index (κ2) is 5.83. The fourth-order valence-electron chi connectivity index (χ4n) is 2.51. The van der Waals surface area contributed by atoms with E-state index < -0.39 is 9.84 Å². The summed E-state index contributed by atoms with van der Waals surface area (Å²) in [6.45, 7) is 2.24. The molecule has 1 aromatic carbocycles. The molecule has 1 saturated heterocycles. The van der Waals surface area contributed by atoms with Crippen LogP contribution >= 0.6 is 0 Å². The number of H-pyrrole nitrogens is 1. The van der Waals surface area contributed by atoms with Crippen LogP contribution in [0, 0.1) is 0 Å². The molecule has 2 aromatic rings. The molecular weight excluding hydrogens is 302 g/mol. The maximum absolute atomic E-state index is 11.5. The number of hydrogen-bond acceptors (Lipinski definition) is 5. The zero-order valence-corrected chi connectivity index (χ0v) is 13.4. The van der Waals surface area contributed by atoms with Crippen LogP contribution in [0.1, 0.15) is 11.9 Å². The second-order valence-electron chi connectivity index (χ2n) is 5.55. The average Bonchev–Trinajstić information content (AvgIpc) is 2.96. The standard InChI is InChI=1S/C15H19N3O3S/c1-18-7-8-21-10-14(18)15-16-9-13(17-15)11-3-5-12(6-4-11)22(2,19)20/h3-6,9,14H,7-8,10H2,1-2H3,(H,16,17)/t14-/m0/s1. The van der Waals surface area contributed by atoms with Crippen molar-refractivity contribution in [3.8, 4) is 11.3 Å². The number of nitrogens with one attached hydrogen (secondary N) is 1. The van der Waals surface area contributed by atoms with Crippen molar-refractivity contribution in [2.45, 2.75) is 10.9 Å². The van der Waals surface area contributed by atoms with Crippen LogP contribution in [0.15, 0.2) is 35.4 Å². The number of ether oxygens (including phenoxy) is 1.